The van der Waals surface area contributed by atoms with Crippen LogP contribution in [0.15, 0.2) is 4.99 Å². The van der Waals surface area contributed by atoms with E-state index in [2.05, 4.69) is 42.8 Å². The third-order valence-corrected chi connectivity index (χ3v) is 6.24. The second kappa shape index (κ2) is 6.37. The van der Waals surface area contributed by atoms with E-state index in [0.717, 1.165) is 17.7 Å². The molecule has 0 aromatic rings. The highest BCUT2D eigenvalue weighted by Gasteiger charge is 2.28. The molecule has 0 aromatic heterocycles. The third-order valence-electron chi connectivity index (χ3n) is 3.54. The molecule has 0 radical (unpaired) electrons. The van der Waals surface area contributed by atoms with Crippen molar-refractivity contribution in [3.63, 3.8) is 0 Å². The second-order valence-electron chi connectivity index (χ2n) is 5.28. The Labute approximate surface area is 114 Å². The van der Waals surface area contributed by atoms with E-state index in [1.807, 2.05) is 11.8 Å². The average Bonchev–Trinajstić information content (AvgIpc) is 2.89. The van der Waals surface area contributed by atoms with Crippen molar-refractivity contribution in [1.82, 2.24) is 5.32 Å². The van der Waals surface area contributed by atoms with Gasteiger partial charge in [-0.15, -0.1) is 0 Å². The molecule has 0 amide bonds. The molecule has 1 aliphatic heterocycles. The first kappa shape index (κ1) is 13.6. The minimum absolute atomic E-state index is 0.677. The van der Waals surface area contributed by atoms with E-state index in [4.69, 9.17) is 0 Å². The highest BCUT2D eigenvalue weighted by Crippen LogP contribution is 2.31. The van der Waals surface area contributed by atoms with E-state index in [-0.39, 0.29) is 0 Å². The van der Waals surface area contributed by atoms with Gasteiger partial charge in [-0.3, -0.25) is 4.99 Å². The van der Waals surface area contributed by atoms with Crippen LogP contribution in [-0.2, 0) is 0 Å². The van der Waals surface area contributed by atoms with Gasteiger partial charge in [-0.1, -0.05) is 32.5 Å². The maximum absolute atomic E-state index is 4.63. The van der Waals surface area contributed by atoms with Crippen LogP contribution in [-0.4, -0.2) is 34.0 Å². The minimum atomic E-state index is 0.677. The van der Waals surface area contributed by atoms with Crippen LogP contribution in [0.5, 0.6) is 0 Å². The van der Waals surface area contributed by atoms with Crippen LogP contribution in [0, 0.1) is 5.92 Å². The van der Waals surface area contributed by atoms with Crippen LogP contribution in [0.1, 0.15) is 40.0 Å². The Hall–Kier alpha value is 0.170. The number of hydrogen-bond donors (Lipinski definition) is 1. The van der Waals surface area contributed by atoms with Crippen LogP contribution >= 0.6 is 23.5 Å². The minimum Gasteiger partial charge on any atom is -0.362 e. The first-order valence-corrected chi connectivity index (χ1v) is 8.71. The molecule has 1 N–H and O–H groups in total. The zero-order valence-electron chi connectivity index (χ0n) is 11.1. The summed E-state index contributed by atoms with van der Waals surface area (Å²) in [6, 6.07) is 0.677. The lowest BCUT2D eigenvalue weighted by molar-refractivity contribution is 0.619. The monoisotopic (exact) mass is 272 g/mol. The molecule has 17 heavy (non-hydrogen) atoms. The van der Waals surface area contributed by atoms with Gasteiger partial charge in [0.1, 0.15) is 0 Å². The molecule has 3 unspecified atom stereocenters. The summed E-state index contributed by atoms with van der Waals surface area (Å²) in [4.78, 5) is 4.63. The van der Waals surface area contributed by atoms with Gasteiger partial charge in [0.25, 0.3) is 0 Å². The zero-order chi connectivity index (χ0) is 12.3. The average molecular weight is 272 g/mol. The first-order valence-electron chi connectivity index (χ1n) is 6.78. The molecule has 1 fully saturated rings. The molecule has 98 valence electrons. The molecular weight excluding hydrogens is 248 g/mol. The quantitative estimate of drug-likeness (QED) is 0.849. The van der Waals surface area contributed by atoms with Gasteiger partial charge in [0, 0.05) is 16.5 Å². The number of nitrogens with zero attached hydrogens (tertiary/aromatic N) is 1. The van der Waals surface area contributed by atoms with Crippen molar-refractivity contribution in [3.05, 3.63) is 0 Å². The van der Waals surface area contributed by atoms with Gasteiger partial charge >= 0.3 is 0 Å². The van der Waals surface area contributed by atoms with E-state index in [1.165, 1.54) is 30.2 Å². The van der Waals surface area contributed by atoms with Crippen LogP contribution in [0.4, 0.5) is 0 Å². The number of nitrogens with one attached hydrogen (secondary N) is 1. The summed E-state index contributed by atoms with van der Waals surface area (Å²) in [6.45, 7) is 7.85. The summed E-state index contributed by atoms with van der Waals surface area (Å²) < 4.78 is 0. The topological polar surface area (TPSA) is 24.4 Å². The summed E-state index contributed by atoms with van der Waals surface area (Å²) in [6.07, 6.45) is 4.02. The van der Waals surface area contributed by atoms with Gasteiger partial charge in [-0.25, -0.2) is 0 Å². The summed E-state index contributed by atoms with van der Waals surface area (Å²) in [5.41, 5.74) is 0. The summed E-state index contributed by atoms with van der Waals surface area (Å²) >= 11 is 4.07. The molecule has 1 aliphatic carbocycles. The van der Waals surface area contributed by atoms with E-state index < -0.39 is 0 Å². The molecule has 0 saturated heterocycles. The van der Waals surface area contributed by atoms with E-state index in [0.29, 0.717) is 11.3 Å². The number of hydrogen-bond acceptors (Lipinski definition) is 4. The Bertz CT molecular complexity index is 279. The lowest BCUT2D eigenvalue weighted by Crippen LogP contribution is -2.30. The van der Waals surface area contributed by atoms with Crippen molar-refractivity contribution in [2.45, 2.75) is 56.6 Å². The molecule has 3 atom stereocenters. The van der Waals surface area contributed by atoms with Gasteiger partial charge in [0.2, 0.25) is 0 Å². The lowest BCUT2D eigenvalue weighted by atomic mass is 10.1. The Balaban J connectivity index is 1.72. The predicted octanol–water partition coefficient (Wildman–Crippen LogP) is 3.38. The van der Waals surface area contributed by atoms with Gasteiger partial charge in [0.05, 0.1) is 6.54 Å². The Kier molecular flexibility index (Phi) is 5.10. The largest absolute Gasteiger partial charge is 0.362 e. The van der Waals surface area contributed by atoms with E-state index in [9.17, 15) is 0 Å². The van der Waals surface area contributed by atoms with Gasteiger partial charge in [-0.05, 0) is 30.9 Å². The molecule has 2 nitrogen and oxygen atoms in total. The summed E-state index contributed by atoms with van der Waals surface area (Å²) in [5, 5.41) is 6.43. The summed E-state index contributed by atoms with van der Waals surface area (Å²) in [5.74, 6) is 1.98. The van der Waals surface area contributed by atoms with Crippen molar-refractivity contribution in [1.29, 1.82) is 0 Å². The fourth-order valence-corrected chi connectivity index (χ4v) is 4.68. The number of aliphatic imine (C=N–C) groups is 1. The molecule has 1 heterocycles. The molecule has 0 spiro atoms. The first-order chi connectivity index (χ1) is 8.19. The van der Waals surface area contributed by atoms with Crippen molar-refractivity contribution >= 4 is 28.7 Å². The van der Waals surface area contributed by atoms with Crippen molar-refractivity contribution in [2.75, 3.05) is 12.3 Å². The van der Waals surface area contributed by atoms with Crippen LogP contribution in [0.3, 0.4) is 0 Å². The highest BCUT2D eigenvalue weighted by molar-refractivity contribution is 8.14. The summed E-state index contributed by atoms with van der Waals surface area (Å²) in [7, 11) is 0. The van der Waals surface area contributed by atoms with Crippen LogP contribution < -0.4 is 5.32 Å². The molecular formula is C13H24N2S2. The molecule has 2 rings (SSSR count). The van der Waals surface area contributed by atoms with Gasteiger partial charge < -0.3 is 5.32 Å². The number of amidine groups is 1. The Morgan fingerprint density at radius 1 is 1.47 bits per heavy atom. The van der Waals surface area contributed by atoms with Crippen LogP contribution in [0.25, 0.3) is 0 Å². The van der Waals surface area contributed by atoms with Gasteiger partial charge in [0.15, 0.2) is 5.17 Å². The van der Waals surface area contributed by atoms with Crippen molar-refractivity contribution in [3.8, 4) is 0 Å². The van der Waals surface area contributed by atoms with E-state index in [1.54, 1.807) is 0 Å². The maximum atomic E-state index is 4.63. The van der Waals surface area contributed by atoms with E-state index >= 15 is 0 Å². The maximum Gasteiger partial charge on any atom is 0.157 e. The molecule has 4 heteroatoms. The smallest absolute Gasteiger partial charge is 0.157 e. The standard InChI is InChI=1S/C13H24N2S2/c1-4-16-11-6-5-10(7-11)15-13-14-8-12(17-13)9(2)3/h9-12H,4-8H2,1-3H3,(H,14,15). The fraction of sp³-hybridized carbons (Fsp3) is 0.923. The number of thioether (sulfide) groups is 2. The van der Waals surface area contributed by atoms with Crippen LogP contribution in [0.2, 0.25) is 0 Å². The highest BCUT2D eigenvalue weighted by atomic mass is 32.2. The van der Waals surface area contributed by atoms with Crippen molar-refractivity contribution in [2.24, 2.45) is 10.9 Å². The SMILES string of the molecule is CCSC1CCC(NC2=NCC(C(C)C)S2)C1. The zero-order valence-corrected chi connectivity index (χ0v) is 12.7. The molecule has 0 aromatic carbocycles. The second-order valence-corrected chi connectivity index (χ2v) is 8.08. The van der Waals surface area contributed by atoms with Gasteiger partial charge in [-0.2, -0.15) is 11.8 Å². The number of rotatable bonds is 4. The molecule has 2 aliphatic rings. The Morgan fingerprint density at radius 3 is 2.94 bits per heavy atom. The normalized spacial score (nSPS) is 33.2. The fourth-order valence-electron chi connectivity index (χ4n) is 2.45. The lowest BCUT2D eigenvalue weighted by Gasteiger charge is -2.16. The molecule has 0 bridgehead atoms. The van der Waals surface area contributed by atoms with Crippen molar-refractivity contribution < 1.29 is 0 Å². The third kappa shape index (κ3) is 3.82. The Morgan fingerprint density at radius 2 is 2.29 bits per heavy atom. The predicted molar refractivity (Wildman–Crippen MR) is 81.2 cm³/mol. The molecule has 1 saturated carbocycles.